The van der Waals surface area contributed by atoms with Gasteiger partial charge in [-0.25, -0.2) is 9.36 Å². The van der Waals surface area contributed by atoms with Gasteiger partial charge in [0.25, 0.3) is 0 Å². The number of Topliss-reactive ketones (excluding diaryl/α,β-unsaturated/α-hetero) is 1. The van der Waals surface area contributed by atoms with Gasteiger partial charge in [0.2, 0.25) is 5.78 Å². The molecule has 2 heterocycles. The Morgan fingerprint density at radius 3 is 1.60 bits per heavy atom. The lowest BCUT2D eigenvalue weighted by Gasteiger charge is -2.10. The Labute approximate surface area is 314 Å². The Morgan fingerprint density at radius 1 is 0.679 bits per heavy atom. The number of nitrogens with zero attached hydrogens (tertiary/aromatic N) is 6. The third-order valence-electron chi connectivity index (χ3n) is 7.61. The summed E-state index contributed by atoms with van der Waals surface area (Å²) in [4.78, 5) is 11.2. The van der Waals surface area contributed by atoms with Gasteiger partial charge in [0.15, 0.2) is 0 Å². The van der Waals surface area contributed by atoms with Gasteiger partial charge < -0.3 is 5.73 Å². The van der Waals surface area contributed by atoms with E-state index < -0.39 is 18.4 Å². The smallest absolute Gasteiger partial charge is 0.399 e. The fourth-order valence-electron chi connectivity index (χ4n) is 5.09. The highest BCUT2D eigenvalue weighted by atomic mass is 32.1. The number of rotatable bonds is 8. The van der Waals surface area contributed by atoms with Gasteiger partial charge in [0, 0.05) is 37.3 Å². The predicted octanol–water partition coefficient (Wildman–Crippen LogP) is 9.02. The highest BCUT2D eigenvalue weighted by Crippen LogP contribution is 2.20. The normalized spacial score (nSPS) is 10.5. The highest BCUT2D eigenvalue weighted by Gasteiger charge is 2.37. The molecule has 8 nitrogen and oxygen atoms in total. The van der Waals surface area contributed by atoms with Crippen LogP contribution >= 0.6 is 24.4 Å². The summed E-state index contributed by atoms with van der Waals surface area (Å²) in [5, 5.41) is 27.2. The largest absolute Gasteiger partial charge is 0.450 e. The second-order valence-electron chi connectivity index (χ2n) is 11.5. The number of ketones is 1. The number of halogens is 3. The van der Waals surface area contributed by atoms with Gasteiger partial charge in [-0.15, -0.1) is 0 Å². The number of alkyl halides is 3. The zero-order chi connectivity index (χ0) is 37.3. The van der Waals surface area contributed by atoms with Gasteiger partial charge in [-0.1, -0.05) is 80.4 Å². The van der Waals surface area contributed by atoms with Gasteiger partial charge in [-0.3, -0.25) is 4.79 Å². The van der Waals surface area contributed by atoms with Crippen molar-refractivity contribution in [3.63, 3.8) is 0 Å². The molecular weight excluding hydrogens is 716 g/mol. The van der Waals surface area contributed by atoms with Gasteiger partial charge in [-0.05, 0) is 77.4 Å². The molecule has 53 heavy (non-hydrogen) atoms. The molecule has 0 unspecified atom stereocenters. The van der Waals surface area contributed by atoms with E-state index in [4.69, 9.17) is 40.7 Å². The van der Waals surface area contributed by atoms with E-state index in [0.29, 0.717) is 49.9 Å². The summed E-state index contributed by atoms with van der Waals surface area (Å²) < 4.78 is 42.0. The van der Waals surface area contributed by atoms with E-state index >= 15 is 0 Å². The van der Waals surface area contributed by atoms with Crippen LogP contribution in [0.25, 0.3) is 11.4 Å². The lowest BCUT2D eigenvalue weighted by atomic mass is 10.0. The summed E-state index contributed by atoms with van der Waals surface area (Å²) in [7, 11) is 0. The summed E-state index contributed by atoms with van der Waals surface area (Å²) in [5.41, 5.74) is 12.5. The average Bonchev–Trinajstić information content (AvgIpc) is 3.13. The van der Waals surface area contributed by atoms with Crippen LogP contribution in [0.5, 0.6) is 0 Å². The third-order valence-corrected chi connectivity index (χ3v) is 8.35. The Bertz CT molecular complexity index is 2460. The van der Waals surface area contributed by atoms with Gasteiger partial charge >= 0.3 is 6.18 Å². The van der Waals surface area contributed by atoms with E-state index in [2.05, 4.69) is 22.3 Å². The van der Waals surface area contributed by atoms with Crippen LogP contribution < -0.4 is 5.73 Å². The number of nitrogens with two attached hydrogens (primary N) is 1. The van der Waals surface area contributed by atoms with Crippen molar-refractivity contribution in [1.29, 1.82) is 10.5 Å². The molecule has 0 fully saturated rings. The number of hydrogen-bond donors (Lipinski definition) is 1. The Morgan fingerprint density at radius 2 is 1.13 bits per heavy atom. The lowest BCUT2D eigenvalue weighted by molar-refractivity contribution is -0.170. The molecule has 0 aliphatic carbocycles. The van der Waals surface area contributed by atoms with Gasteiger partial charge in [-0.2, -0.15) is 33.9 Å². The van der Waals surface area contributed by atoms with E-state index in [1.165, 1.54) is 6.07 Å². The number of hydrogen-bond acceptors (Lipinski definition) is 8. The molecule has 0 saturated heterocycles. The number of nitriles is 2. The minimum Gasteiger partial charge on any atom is -0.399 e. The first-order valence-electron chi connectivity index (χ1n) is 15.6. The van der Waals surface area contributed by atoms with Crippen molar-refractivity contribution in [3.8, 4) is 23.5 Å². The van der Waals surface area contributed by atoms with Crippen molar-refractivity contribution < 1.29 is 18.0 Å². The fourth-order valence-corrected chi connectivity index (χ4v) is 5.44. The number of benzene rings is 4. The molecule has 2 aromatic heterocycles. The second kappa shape index (κ2) is 17.8. The first kappa shape index (κ1) is 39.5. The second-order valence-corrected chi connectivity index (χ2v) is 12.4. The lowest BCUT2D eigenvalue weighted by Crippen LogP contribution is -2.24. The minimum absolute atomic E-state index is 0. The topological polar surface area (TPSA) is 126 Å². The van der Waals surface area contributed by atoms with Crippen molar-refractivity contribution in [1.82, 2.24) is 19.6 Å². The molecule has 2 N–H and O–H groups in total. The monoisotopic (exact) mass is 747 g/mol. The van der Waals surface area contributed by atoms with Crippen molar-refractivity contribution in [2.24, 2.45) is 0 Å². The maximum Gasteiger partial charge on any atom is 0.450 e. The Hall–Kier alpha value is -6.28. The average molecular weight is 748 g/mol. The van der Waals surface area contributed by atoms with Crippen LogP contribution in [0.1, 0.15) is 46.6 Å². The molecule has 4 aromatic carbocycles. The summed E-state index contributed by atoms with van der Waals surface area (Å²) >= 11 is 10.7. The van der Waals surface area contributed by atoms with Crippen molar-refractivity contribution in [2.45, 2.75) is 32.9 Å². The van der Waals surface area contributed by atoms with E-state index in [-0.39, 0.29) is 13.0 Å². The summed E-state index contributed by atoms with van der Waals surface area (Å²) in [6.07, 6.45) is -1.16. The van der Waals surface area contributed by atoms with Crippen LogP contribution in [0.4, 0.5) is 18.9 Å². The molecule has 266 valence electrons. The van der Waals surface area contributed by atoms with E-state index in [0.717, 1.165) is 22.6 Å². The van der Waals surface area contributed by atoms with Gasteiger partial charge in [0.05, 0.1) is 55.0 Å². The van der Waals surface area contributed by atoms with Crippen LogP contribution in [-0.4, -0.2) is 31.5 Å². The number of aromatic nitrogens is 4. The molecule has 0 radical (unpaired) electrons. The first-order valence-corrected chi connectivity index (χ1v) is 16.4. The number of nitrogen functional groups attached to an aromatic ring is 1. The number of carbonyl (C=O) groups excluding carboxylic acids is 1. The zero-order valence-corrected chi connectivity index (χ0v) is 28.9. The quantitative estimate of drug-likeness (QED) is 0.121. The molecule has 0 bridgehead atoms. The van der Waals surface area contributed by atoms with Crippen LogP contribution in [0.2, 0.25) is 0 Å². The first-order chi connectivity index (χ1) is 24.9. The van der Waals surface area contributed by atoms with Crippen molar-refractivity contribution >= 4 is 35.9 Å². The highest BCUT2D eigenvalue weighted by molar-refractivity contribution is 7.71. The van der Waals surface area contributed by atoms with Crippen LogP contribution in [0.15, 0.2) is 122 Å². The SMILES string of the molecule is C.N#Cc1cccc(-n2ccc(=S)c(Cc3cccc(CC(=O)C(F)(F)F)c3)n2)c1.N#Cc1cccc(-n2ccc(=S)c(Cc3cccc(N)c3)n2)c1. The Kier molecular flexibility index (Phi) is 13.2. The van der Waals surface area contributed by atoms with Crippen LogP contribution in [0.3, 0.4) is 0 Å². The molecule has 0 saturated carbocycles. The molecule has 0 atom stereocenters. The van der Waals surface area contributed by atoms with Gasteiger partial charge in [0.1, 0.15) is 0 Å². The molecule has 0 aliphatic heterocycles. The van der Waals surface area contributed by atoms with Crippen LogP contribution in [0, 0.1) is 31.7 Å². The molecule has 6 aromatic rings. The Balaban J connectivity index is 0.000000238. The molecule has 0 aliphatic rings. The number of carbonyl (C=O) groups is 1. The third kappa shape index (κ3) is 10.9. The van der Waals surface area contributed by atoms with Crippen molar-refractivity contribution in [3.05, 3.63) is 170 Å². The molecule has 13 heteroatoms. The van der Waals surface area contributed by atoms with E-state index in [9.17, 15) is 18.0 Å². The maximum atomic E-state index is 12.5. The number of anilines is 1. The standard InChI is InChI=1S/C21H14F3N3OS.C18H14N4S.CH4/c22-21(23,24)20(28)12-15-4-1-3-14(9-15)11-18-19(29)7-8-27(26-18)17-6-2-5-16(10-17)13-25;19-12-14-4-2-6-16(10-14)22-8-7-18(23)17(21-22)11-13-3-1-5-15(20)9-13;/h1-10H,11-12H2;1-10H,11,20H2;1H4. The van der Waals surface area contributed by atoms with E-state index in [1.807, 2.05) is 48.7 Å². The maximum absolute atomic E-state index is 12.5. The molecule has 0 spiro atoms. The van der Waals surface area contributed by atoms with E-state index in [1.54, 1.807) is 76.2 Å². The summed E-state index contributed by atoms with van der Waals surface area (Å²) in [6, 6.07) is 36.0. The molecule has 0 amide bonds. The van der Waals surface area contributed by atoms with Crippen LogP contribution in [-0.2, 0) is 24.1 Å². The summed E-state index contributed by atoms with van der Waals surface area (Å²) in [6.45, 7) is 0. The van der Waals surface area contributed by atoms with Crippen molar-refractivity contribution in [2.75, 3.05) is 5.73 Å². The summed E-state index contributed by atoms with van der Waals surface area (Å²) in [5.74, 6) is -1.79. The fraction of sp³-hybridized carbons (Fsp3) is 0.125. The zero-order valence-electron chi connectivity index (χ0n) is 27.3. The molecular formula is C40H32F3N7OS2. The molecule has 6 rings (SSSR count). The predicted molar refractivity (Wildman–Crippen MR) is 203 cm³/mol. The minimum atomic E-state index is -4.85.